The molecule has 0 fully saturated rings. The molecule has 21 heavy (non-hydrogen) atoms. The van der Waals surface area contributed by atoms with Gasteiger partial charge in [0.1, 0.15) is 0 Å². The molecule has 0 N–H and O–H groups in total. The lowest BCUT2D eigenvalue weighted by atomic mass is 10.1. The standard InChI is InChI=1S/C19H18O2/c1-21-19(20)9-5-8-17-11-14-18(15-12-17)13-10-16-6-3-2-4-7-16/h2-8,10-15H,9H2,1H3. The Balaban J connectivity index is 1.96. The van der Waals surface area contributed by atoms with Crippen molar-refractivity contribution in [1.29, 1.82) is 0 Å². The zero-order chi connectivity index (χ0) is 14.9. The maximum Gasteiger partial charge on any atom is 0.309 e. The van der Waals surface area contributed by atoms with E-state index in [1.165, 1.54) is 12.7 Å². The fourth-order valence-corrected chi connectivity index (χ4v) is 1.85. The van der Waals surface area contributed by atoms with E-state index in [1.54, 1.807) is 6.08 Å². The second-order valence-corrected chi connectivity index (χ2v) is 4.59. The number of hydrogen-bond donors (Lipinski definition) is 0. The summed E-state index contributed by atoms with van der Waals surface area (Å²) in [5.41, 5.74) is 3.39. The molecule has 2 heteroatoms. The molecule has 2 nitrogen and oxygen atoms in total. The van der Waals surface area contributed by atoms with Crippen LogP contribution in [0.1, 0.15) is 23.1 Å². The average Bonchev–Trinajstić information content (AvgIpc) is 2.55. The van der Waals surface area contributed by atoms with Gasteiger partial charge in [0.05, 0.1) is 13.5 Å². The molecule has 2 aromatic rings. The summed E-state index contributed by atoms with van der Waals surface area (Å²) in [5, 5.41) is 0. The number of hydrogen-bond acceptors (Lipinski definition) is 2. The number of rotatable bonds is 5. The van der Waals surface area contributed by atoms with E-state index >= 15 is 0 Å². The van der Waals surface area contributed by atoms with Crippen LogP contribution in [0.4, 0.5) is 0 Å². The SMILES string of the molecule is COC(=O)CC=Cc1ccc(C=Cc2ccccc2)cc1. The summed E-state index contributed by atoms with van der Waals surface area (Å²) in [6.07, 6.45) is 8.19. The van der Waals surface area contributed by atoms with Gasteiger partial charge < -0.3 is 4.74 Å². The first kappa shape index (κ1) is 14.8. The van der Waals surface area contributed by atoms with Crippen molar-refractivity contribution in [3.8, 4) is 0 Å². The highest BCUT2D eigenvalue weighted by Crippen LogP contribution is 2.11. The van der Waals surface area contributed by atoms with Gasteiger partial charge in [-0.1, -0.05) is 78.9 Å². The summed E-state index contributed by atoms with van der Waals surface area (Å²) < 4.78 is 4.58. The van der Waals surface area contributed by atoms with Crippen LogP contribution in [-0.4, -0.2) is 13.1 Å². The van der Waals surface area contributed by atoms with Crippen molar-refractivity contribution in [3.63, 3.8) is 0 Å². The molecule has 0 saturated carbocycles. The summed E-state index contributed by atoms with van der Waals surface area (Å²) in [6, 6.07) is 18.3. The highest BCUT2D eigenvalue weighted by Gasteiger charge is 1.94. The van der Waals surface area contributed by atoms with E-state index < -0.39 is 0 Å². The Labute approximate surface area is 125 Å². The maximum absolute atomic E-state index is 11.0. The zero-order valence-electron chi connectivity index (χ0n) is 12.0. The first-order valence-electron chi connectivity index (χ1n) is 6.84. The van der Waals surface area contributed by atoms with Gasteiger partial charge in [-0.15, -0.1) is 0 Å². The van der Waals surface area contributed by atoms with Crippen molar-refractivity contribution in [1.82, 2.24) is 0 Å². The molecule has 0 unspecified atom stereocenters. The van der Waals surface area contributed by atoms with Crippen LogP contribution in [0.25, 0.3) is 18.2 Å². The Morgan fingerprint density at radius 1 is 0.857 bits per heavy atom. The van der Waals surface area contributed by atoms with Gasteiger partial charge in [-0.05, 0) is 16.7 Å². The molecule has 0 bridgehead atoms. The van der Waals surface area contributed by atoms with Crippen LogP contribution >= 0.6 is 0 Å². The normalized spacial score (nSPS) is 11.1. The van der Waals surface area contributed by atoms with Crippen molar-refractivity contribution in [3.05, 3.63) is 77.4 Å². The molecule has 2 aromatic carbocycles. The van der Waals surface area contributed by atoms with Gasteiger partial charge in [-0.2, -0.15) is 0 Å². The molecular weight excluding hydrogens is 260 g/mol. The van der Waals surface area contributed by atoms with Gasteiger partial charge >= 0.3 is 5.97 Å². The van der Waals surface area contributed by atoms with Crippen LogP contribution in [0.3, 0.4) is 0 Å². The van der Waals surface area contributed by atoms with Crippen molar-refractivity contribution in [2.45, 2.75) is 6.42 Å². The van der Waals surface area contributed by atoms with Crippen molar-refractivity contribution >= 4 is 24.2 Å². The van der Waals surface area contributed by atoms with Crippen LogP contribution in [0.5, 0.6) is 0 Å². The van der Waals surface area contributed by atoms with E-state index in [9.17, 15) is 4.79 Å². The molecular formula is C19H18O2. The Morgan fingerprint density at radius 2 is 1.38 bits per heavy atom. The lowest BCUT2D eigenvalue weighted by Crippen LogP contribution is -1.96. The number of carbonyl (C=O) groups excluding carboxylic acids is 1. The van der Waals surface area contributed by atoms with Crippen molar-refractivity contribution in [2.75, 3.05) is 7.11 Å². The van der Waals surface area contributed by atoms with E-state index in [4.69, 9.17) is 0 Å². The summed E-state index contributed by atoms with van der Waals surface area (Å²) in [4.78, 5) is 11.0. The fourth-order valence-electron chi connectivity index (χ4n) is 1.85. The Bertz CT molecular complexity index is 622. The van der Waals surface area contributed by atoms with Crippen LogP contribution < -0.4 is 0 Å². The number of methoxy groups -OCH3 is 1. The average molecular weight is 278 g/mol. The van der Waals surface area contributed by atoms with Gasteiger partial charge in [0, 0.05) is 0 Å². The second kappa shape index (κ2) is 7.85. The molecule has 0 spiro atoms. The minimum Gasteiger partial charge on any atom is -0.469 e. The minimum atomic E-state index is -0.228. The molecule has 2 rings (SSSR count). The maximum atomic E-state index is 11.0. The highest BCUT2D eigenvalue weighted by molar-refractivity contribution is 5.73. The van der Waals surface area contributed by atoms with Gasteiger partial charge in [0.25, 0.3) is 0 Å². The number of benzene rings is 2. The van der Waals surface area contributed by atoms with E-state index in [0.717, 1.165) is 11.1 Å². The highest BCUT2D eigenvalue weighted by atomic mass is 16.5. The first-order valence-corrected chi connectivity index (χ1v) is 6.84. The monoisotopic (exact) mass is 278 g/mol. The van der Waals surface area contributed by atoms with Crippen LogP contribution in [0, 0.1) is 0 Å². The van der Waals surface area contributed by atoms with Crippen LogP contribution in [0.2, 0.25) is 0 Å². The summed E-state index contributed by atoms with van der Waals surface area (Å²) >= 11 is 0. The lowest BCUT2D eigenvalue weighted by Gasteiger charge is -1.97. The summed E-state index contributed by atoms with van der Waals surface area (Å²) in [5.74, 6) is -0.228. The molecule has 0 amide bonds. The van der Waals surface area contributed by atoms with Gasteiger partial charge in [0.2, 0.25) is 0 Å². The topological polar surface area (TPSA) is 26.3 Å². The third kappa shape index (κ3) is 5.11. The Kier molecular flexibility index (Phi) is 5.53. The molecule has 0 atom stereocenters. The molecule has 0 aliphatic carbocycles. The van der Waals surface area contributed by atoms with E-state index in [1.807, 2.05) is 36.4 Å². The molecule has 0 saturated heterocycles. The molecule has 0 heterocycles. The predicted octanol–water partition coefficient (Wildman–Crippen LogP) is 4.43. The van der Waals surface area contributed by atoms with Crippen molar-refractivity contribution in [2.24, 2.45) is 0 Å². The Hall–Kier alpha value is -2.61. The Morgan fingerprint density at radius 3 is 1.95 bits per heavy atom. The first-order chi connectivity index (χ1) is 10.3. The smallest absolute Gasteiger partial charge is 0.309 e. The summed E-state index contributed by atoms with van der Waals surface area (Å²) in [7, 11) is 1.39. The predicted molar refractivity (Wildman–Crippen MR) is 87.5 cm³/mol. The molecule has 0 aliphatic rings. The lowest BCUT2D eigenvalue weighted by molar-refractivity contribution is -0.139. The molecule has 0 aliphatic heterocycles. The molecule has 0 aromatic heterocycles. The third-order valence-corrected chi connectivity index (χ3v) is 3.03. The second-order valence-electron chi connectivity index (χ2n) is 4.59. The van der Waals surface area contributed by atoms with E-state index in [0.29, 0.717) is 6.42 Å². The minimum absolute atomic E-state index is 0.228. The quantitative estimate of drug-likeness (QED) is 0.597. The third-order valence-electron chi connectivity index (χ3n) is 3.03. The van der Waals surface area contributed by atoms with E-state index in [2.05, 4.69) is 41.2 Å². The molecule has 106 valence electrons. The largest absolute Gasteiger partial charge is 0.469 e. The number of esters is 1. The summed E-state index contributed by atoms with van der Waals surface area (Å²) in [6.45, 7) is 0. The number of carbonyl (C=O) groups is 1. The van der Waals surface area contributed by atoms with Crippen molar-refractivity contribution < 1.29 is 9.53 Å². The van der Waals surface area contributed by atoms with Gasteiger partial charge in [0.15, 0.2) is 0 Å². The molecule has 0 radical (unpaired) electrons. The van der Waals surface area contributed by atoms with Gasteiger partial charge in [-0.25, -0.2) is 0 Å². The fraction of sp³-hybridized carbons (Fsp3) is 0.105. The van der Waals surface area contributed by atoms with E-state index in [-0.39, 0.29) is 5.97 Å². The van der Waals surface area contributed by atoms with Crippen LogP contribution in [0.15, 0.2) is 60.7 Å². The van der Waals surface area contributed by atoms with Crippen LogP contribution in [-0.2, 0) is 9.53 Å². The number of ether oxygens (including phenoxy) is 1. The zero-order valence-corrected chi connectivity index (χ0v) is 12.0. The van der Waals surface area contributed by atoms with Gasteiger partial charge in [-0.3, -0.25) is 4.79 Å².